The van der Waals surface area contributed by atoms with Gasteiger partial charge in [0.15, 0.2) is 5.78 Å². The second-order valence-electron chi connectivity index (χ2n) is 8.53. The Hall–Kier alpha value is -1.97. The molecule has 4 aliphatic carbocycles. The Bertz CT molecular complexity index is 771. The Balaban J connectivity index is 1.73. The fourth-order valence-corrected chi connectivity index (χ4v) is 6.10. The molecule has 4 aliphatic rings. The number of carboxylic acid groups (broad SMARTS) is 1. The van der Waals surface area contributed by atoms with Crippen LogP contribution >= 0.6 is 0 Å². The summed E-state index contributed by atoms with van der Waals surface area (Å²) in [6.07, 6.45) is 12.0. The molecule has 4 nitrogen and oxygen atoms in total. The van der Waals surface area contributed by atoms with Crippen molar-refractivity contribution in [3.8, 4) is 0 Å². The number of hydrogen-bond acceptors (Lipinski definition) is 3. The molecule has 5 atom stereocenters. The van der Waals surface area contributed by atoms with Crippen LogP contribution in [0.4, 0.5) is 0 Å². The first kappa shape index (κ1) is 16.5. The van der Waals surface area contributed by atoms with Crippen LogP contribution in [0.2, 0.25) is 0 Å². The van der Waals surface area contributed by atoms with Gasteiger partial charge in [-0.3, -0.25) is 9.59 Å². The molecule has 0 radical (unpaired) electrons. The van der Waals surface area contributed by atoms with E-state index in [0.29, 0.717) is 18.3 Å². The number of Topliss-reactive ketones (excluding diaryl/α,β-unsaturated/α-hetero) is 1. The highest BCUT2D eigenvalue weighted by Crippen LogP contribution is 2.63. The van der Waals surface area contributed by atoms with Crippen LogP contribution in [0.1, 0.15) is 46.0 Å². The van der Waals surface area contributed by atoms with E-state index in [0.717, 1.165) is 25.7 Å². The molecule has 25 heavy (non-hydrogen) atoms. The fourth-order valence-electron chi connectivity index (χ4n) is 6.10. The standard InChI is InChI=1S/C21H24O4/c1-20-9-7-13(22)11-12(20)3-4-14-15-5-6-17(18(23)19(24)25)21(15,2)10-8-16(14)20/h7-9,11,14-15,17H,3-6,10H2,1-2H3,(H,24,25)/t14-,15-,17+,20-,21-/m0/s1. The topological polar surface area (TPSA) is 71.4 Å². The fraction of sp³-hybridized carbons (Fsp3) is 0.571. The molecule has 0 saturated heterocycles. The first-order chi connectivity index (χ1) is 11.8. The van der Waals surface area contributed by atoms with Crippen molar-refractivity contribution in [3.05, 3.63) is 35.5 Å². The second-order valence-corrected chi connectivity index (χ2v) is 8.53. The van der Waals surface area contributed by atoms with E-state index in [1.165, 1.54) is 11.1 Å². The number of allylic oxidation sites excluding steroid dienone is 6. The number of fused-ring (bicyclic) bond motifs is 5. The number of ketones is 2. The minimum atomic E-state index is -1.30. The third-order valence-electron chi connectivity index (χ3n) is 7.47. The molecule has 2 saturated carbocycles. The quantitative estimate of drug-likeness (QED) is 0.617. The van der Waals surface area contributed by atoms with E-state index >= 15 is 0 Å². The summed E-state index contributed by atoms with van der Waals surface area (Å²) < 4.78 is 0. The van der Waals surface area contributed by atoms with Crippen LogP contribution in [0.25, 0.3) is 0 Å². The zero-order chi connectivity index (χ0) is 18.0. The van der Waals surface area contributed by atoms with Gasteiger partial charge in [-0.2, -0.15) is 0 Å². The van der Waals surface area contributed by atoms with Crippen molar-refractivity contribution in [1.82, 2.24) is 0 Å². The van der Waals surface area contributed by atoms with E-state index < -0.39 is 11.8 Å². The minimum absolute atomic E-state index is 0.0696. The van der Waals surface area contributed by atoms with Crippen LogP contribution < -0.4 is 0 Å². The Labute approximate surface area is 147 Å². The number of carboxylic acids is 1. The van der Waals surface area contributed by atoms with Gasteiger partial charge in [0.2, 0.25) is 5.78 Å². The summed E-state index contributed by atoms with van der Waals surface area (Å²) in [5.41, 5.74) is 2.13. The van der Waals surface area contributed by atoms with Gasteiger partial charge in [-0.05, 0) is 68.4 Å². The molecule has 0 heterocycles. The van der Waals surface area contributed by atoms with Gasteiger partial charge in [0, 0.05) is 11.3 Å². The van der Waals surface area contributed by atoms with Crippen LogP contribution in [-0.2, 0) is 14.4 Å². The Morgan fingerprint density at radius 2 is 1.96 bits per heavy atom. The normalized spacial score (nSPS) is 42.0. The van der Waals surface area contributed by atoms with Crippen LogP contribution in [-0.4, -0.2) is 22.6 Å². The molecule has 0 spiro atoms. The summed E-state index contributed by atoms with van der Waals surface area (Å²) in [5, 5.41) is 9.19. The van der Waals surface area contributed by atoms with E-state index in [9.17, 15) is 19.5 Å². The zero-order valence-electron chi connectivity index (χ0n) is 14.7. The van der Waals surface area contributed by atoms with E-state index in [2.05, 4.69) is 19.9 Å². The van der Waals surface area contributed by atoms with Crippen LogP contribution in [0, 0.1) is 28.6 Å². The average Bonchev–Trinajstić information content (AvgIpc) is 2.92. The summed E-state index contributed by atoms with van der Waals surface area (Å²) in [5.74, 6) is -1.49. The number of aliphatic carboxylic acids is 1. The number of carbonyl (C=O) groups is 3. The third-order valence-corrected chi connectivity index (χ3v) is 7.47. The van der Waals surface area contributed by atoms with Gasteiger partial charge < -0.3 is 5.11 Å². The maximum atomic E-state index is 12.2. The highest BCUT2D eigenvalue weighted by Gasteiger charge is 2.57. The molecular weight excluding hydrogens is 316 g/mol. The van der Waals surface area contributed by atoms with E-state index in [-0.39, 0.29) is 22.5 Å². The summed E-state index contributed by atoms with van der Waals surface area (Å²) >= 11 is 0. The highest BCUT2D eigenvalue weighted by atomic mass is 16.4. The molecule has 1 N–H and O–H groups in total. The van der Waals surface area contributed by atoms with E-state index in [1.807, 2.05) is 6.08 Å². The number of carbonyl (C=O) groups excluding carboxylic acids is 2. The molecule has 0 aromatic heterocycles. The molecule has 0 bridgehead atoms. The summed E-state index contributed by atoms with van der Waals surface area (Å²) in [6.45, 7) is 4.30. The van der Waals surface area contributed by atoms with Crippen LogP contribution in [0.5, 0.6) is 0 Å². The van der Waals surface area contributed by atoms with Gasteiger partial charge in [-0.25, -0.2) is 4.79 Å². The predicted molar refractivity (Wildman–Crippen MR) is 92.7 cm³/mol. The molecule has 0 aromatic rings. The Morgan fingerprint density at radius 1 is 1.20 bits per heavy atom. The lowest BCUT2D eigenvalue weighted by Crippen LogP contribution is -2.45. The summed E-state index contributed by atoms with van der Waals surface area (Å²) in [4.78, 5) is 35.2. The molecule has 4 rings (SSSR count). The summed E-state index contributed by atoms with van der Waals surface area (Å²) in [6, 6.07) is 0. The van der Waals surface area contributed by atoms with Crippen molar-refractivity contribution in [2.24, 2.45) is 28.6 Å². The van der Waals surface area contributed by atoms with Crippen molar-refractivity contribution in [3.63, 3.8) is 0 Å². The van der Waals surface area contributed by atoms with Crippen molar-refractivity contribution in [1.29, 1.82) is 0 Å². The lowest BCUT2D eigenvalue weighted by atomic mass is 9.52. The Kier molecular flexibility index (Phi) is 3.47. The number of hydrogen-bond donors (Lipinski definition) is 1. The van der Waals surface area contributed by atoms with Crippen molar-refractivity contribution < 1.29 is 19.5 Å². The van der Waals surface area contributed by atoms with Crippen molar-refractivity contribution >= 4 is 17.5 Å². The largest absolute Gasteiger partial charge is 0.475 e. The second kappa shape index (κ2) is 5.26. The predicted octanol–water partition coefficient (Wildman–Crippen LogP) is 3.48. The molecule has 2 fully saturated rings. The zero-order valence-corrected chi connectivity index (χ0v) is 14.7. The minimum Gasteiger partial charge on any atom is -0.475 e. The maximum absolute atomic E-state index is 12.2. The number of rotatable bonds is 2. The van der Waals surface area contributed by atoms with Crippen molar-refractivity contribution in [2.75, 3.05) is 0 Å². The van der Waals surface area contributed by atoms with Crippen LogP contribution in [0.15, 0.2) is 35.5 Å². The highest BCUT2D eigenvalue weighted by molar-refractivity contribution is 6.33. The molecule has 0 aliphatic heterocycles. The lowest BCUT2D eigenvalue weighted by molar-refractivity contribution is -0.153. The van der Waals surface area contributed by atoms with Gasteiger partial charge in [-0.1, -0.05) is 30.2 Å². The van der Waals surface area contributed by atoms with Crippen LogP contribution in [0.3, 0.4) is 0 Å². The average molecular weight is 340 g/mol. The molecule has 0 amide bonds. The smallest absolute Gasteiger partial charge is 0.372 e. The van der Waals surface area contributed by atoms with Crippen molar-refractivity contribution in [2.45, 2.75) is 46.0 Å². The first-order valence-electron chi connectivity index (χ1n) is 9.19. The summed E-state index contributed by atoms with van der Waals surface area (Å²) in [7, 11) is 0. The Morgan fingerprint density at radius 3 is 2.68 bits per heavy atom. The monoisotopic (exact) mass is 340 g/mol. The van der Waals surface area contributed by atoms with Gasteiger partial charge in [-0.15, -0.1) is 0 Å². The SMILES string of the molecule is C[C@]12C=CC(=O)C=C1CC[C@@H]1C2=CC[C@]2(C)[C@@H](C(=O)C(=O)O)CC[C@@H]12. The molecule has 4 heteroatoms. The maximum Gasteiger partial charge on any atom is 0.372 e. The molecule has 0 unspecified atom stereocenters. The molecular formula is C21H24O4. The third kappa shape index (κ3) is 2.16. The molecule has 132 valence electrons. The van der Waals surface area contributed by atoms with Gasteiger partial charge in [0.1, 0.15) is 0 Å². The van der Waals surface area contributed by atoms with E-state index in [1.54, 1.807) is 12.2 Å². The van der Waals surface area contributed by atoms with Gasteiger partial charge in [0.05, 0.1) is 0 Å². The lowest BCUT2D eigenvalue weighted by Gasteiger charge is -2.52. The van der Waals surface area contributed by atoms with Gasteiger partial charge in [0.25, 0.3) is 0 Å². The first-order valence-corrected chi connectivity index (χ1v) is 9.19. The van der Waals surface area contributed by atoms with Gasteiger partial charge >= 0.3 is 5.97 Å². The molecule has 0 aromatic carbocycles. The van der Waals surface area contributed by atoms with E-state index in [4.69, 9.17) is 0 Å².